The van der Waals surface area contributed by atoms with Gasteiger partial charge in [-0.3, -0.25) is 4.31 Å². The molecule has 0 spiro atoms. The van der Waals surface area contributed by atoms with Gasteiger partial charge in [-0.25, -0.2) is 13.4 Å². The van der Waals surface area contributed by atoms with Gasteiger partial charge in [-0.2, -0.15) is 0 Å². The molecule has 0 atom stereocenters. The summed E-state index contributed by atoms with van der Waals surface area (Å²) in [7, 11) is -3.79. The Hall–Kier alpha value is -2.81. The van der Waals surface area contributed by atoms with Crippen LogP contribution < -0.4 is 20.7 Å². The monoisotopic (exact) mass is 459 g/mol. The average molecular weight is 460 g/mol. The number of benzene rings is 2. The van der Waals surface area contributed by atoms with Crippen molar-refractivity contribution in [2.45, 2.75) is 11.8 Å². The minimum absolute atomic E-state index is 0.138. The van der Waals surface area contributed by atoms with Crippen molar-refractivity contribution in [1.29, 1.82) is 0 Å². The molecular formula is C22H26ClN5O2S. The Morgan fingerprint density at radius 1 is 1.00 bits per heavy atom. The zero-order valence-electron chi connectivity index (χ0n) is 17.3. The molecule has 0 fully saturated rings. The van der Waals surface area contributed by atoms with E-state index in [2.05, 4.69) is 15.6 Å². The summed E-state index contributed by atoms with van der Waals surface area (Å²) in [6.45, 7) is 3.37. The predicted octanol–water partition coefficient (Wildman–Crippen LogP) is 3.72. The van der Waals surface area contributed by atoms with Crippen LogP contribution in [0.3, 0.4) is 0 Å². The molecular weight excluding hydrogens is 434 g/mol. The first-order chi connectivity index (χ1) is 14.9. The van der Waals surface area contributed by atoms with Crippen molar-refractivity contribution in [3.8, 4) is 0 Å². The summed E-state index contributed by atoms with van der Waals surface area (Å²) < 4.78 is 27.9. The average Bonchev–Trinajstić information content (AvgIpc) is 2.77. The number of nitrogens with one attached hydrogen (secondary N) is 2. The predicted molar refractivity (Wildman–Crippen MR) is 127 cm³/mol. The van der Waals surface area contributed by atoms with Gasteiger partial charge in [-0.1, -0.05) is 29.3 Å². The van der Waals surface area contributed by atoms with Crippen LogP contribution >= 0.6 is 11.6 Å². The zero-order chi connectivity index (χ0) is 22.3. The number of nitrogens with zero attached hydrogens (tertiary/aromatic N) is 2. The summed E-state index contributed by atoms with van der Waals surface area (Å²) in [5, 5.41) is 7.17. The first-order valence-electron chi connectivity index (χ1n) is 9.89. The van der Waals surface area contributed by atoms with Crippen molar-refractivity contribution in [2.75, 3.05) is 41.1 Å². The molecule has 1 heterocycles. The zero-order valence-corrected chi connectivity index (χ0v) is 18.8. The molecule has 0 bridgehead atoms. The fourth-order valence-corrected chi connectivity index (χ4v) is 4.63. The van der Waals surface area contributed by atoms with Crippen LogP contribution in [0.2, 0.25) is 5.02 Å². The maximum Gasteiger partial charge on any atom is 0.264 e. The highest BCUT2D eigenvalue weighted by atomic mass is 35.5. The van der Waals surface area contributed by atoms with Crippen molar-refractivity contribution < 1.29 is 8.42 Å². The molecule has 0 aliphatic rings. The Bertz CT molecular complexity index is 1090. The van der Waals surface area contributed by atoms with Gasteiger partial charge >= 0.3 is 0 Å². The maximum atomic E-state index is 13.3. The van der Waals surface area contributed by atoms with Gasteiger partial charge in [-0.05, 0) is 55.5 Å². The summed E-state index contributed by atoms with van der Waals surface area (Å²) in [5.74, 6) is 0.476. The fraction of sp³-hybridized carbons (Fsp3) is 0.227. The van der Waals surface area contributed by atoms with Gasteiger partial charge < -0.3 is 16.4 Å². The molecule has 0 saturated carbocycles. The van der Waals surface area contributed by atoms with Crippen LogP contribution in [0.5, 0.6) is 0 Å². The molecule has 0 radical (unpaired) electrons. The molecule has 0 saturated heterocycles. The fourth-order valence-electron chi connectivity index (χ4n) is 3.01. The molecule has 0 amide bonds. The van der Waals surface area contributed by atoms with E-state index in [1.165, 1.54) is 4.31 Å². The lowest BCUT2D eigenvalue weighted by Crippen LogP contribution is -2.36. The third kappa shape index (κ3) is 5.88. The van der Waals surface area contributed by atoms with Gasteiger partial charge in [0.25, 0.3) is 10.0 Å². The topological polar surface area (TPSA) is 100 Å². The number of hydrogen-bond acceptors (Lipinski definition) is 6. The molecule has 31 heavy (non-hydrogen) atoms. The van der Waals surface area contributed by atoms with E-state index >= 15 is 0 Å². The third-order valence-corrected chi connectivity index (χ3v) is 6.67. The highest BCUT2D eigenvalue weighted by molar-refractivity contribution is 7.92. The van der Waals surface area contributed by atoms with Crippen LogP contribution in [0, 0.1) is 6.92 Å². The third-order valence-electron chi connectivity index (χ3n) is 4.59. The highest BCUT2D eigenvalue weighted by Crippen LogP contribution is 2.29. The Morgan fingerprint density at radius 2 is 1.68 bits per heavy atom. The molecule has 1 aromatic heterocycles. The van der Waals surface area contributed by atoms with Crippen molar-refractivity contribution >= 4 is 38.8 Å². The summed E-state index contributed by atoms with van der Waals surface area (Å²) in [5.41, 5.74) is 8.14. The SMILES string of the molecule is Cc1ccc(S(=O)(=O)N(CCN)c2cccnc2NCCNc2ccc(Cl)cc2)cc1. The second-order valence-corrected chi connectivity index (χ2v) is 9.21. The molecule has 3 aromatic rings. The second-order valence-electron chi connectivity index (χ2n) is 6.91. The highest BCUT2D eigenvalue weighted by Gasteiger charge is 2.26. The Morgan fingerprint density at radius 3 is 2.35 bits per heavy atom. The van der Waals surface area contributed by atoms with E-state index < -0.39 is 10.0 Å². The Kier molecular flexibility index (Phi) is 7.73. The molecule has 0 aliphatic heterocycles. The van der Waals surface area contributed by atoms with E-state index in [1.54, 1.807) is 42.6 Å². The minimum Gasteiger partial charge on any atom is -0.383 e. The van der Waals surface area contributed by atoms with Crippen LogP contribution in [-0.4, -0.2) is 39.6 Å². The van der Waals surface area contributed by atoms with Crippen LogP contribution in [0.15, 0.2) is 71.8 Å². The van der Waals surface area contributed by atoms with Gasteiger partial charge in [0, 0.05) is 43.1 Å². The largest absolute Gasteiger partial charge is 0.383 e. The molecule has 164 valence electrons. The maximum absolute atomic E-state index is 13.3. The summed E-state index contributed by atoms with van der Waals surface area (Å²) in [4.78, 5) is 4.57. The van der Waals surface area contributed by atoms with Crippen molar-refractivity contribution in [2.24, 2.45) is 5.73 Å². The van der Waals surface area contributed by atoms with Crippen molar-refractivity contribution in [1.82, 2.24) is 4.98 Å². The van der Waals surface area contributed by atoms with Crippen molar-refractivity contribution in [3.05, 3.63) is 77.4 Å². The number of sulfonamides is 1. The van der Waals surface area contributed by atoms with Crippen molar-refractivity contribution in [3.63, 3.8) is 0 Å². The van der Waals surface area contributed by atoms with E-state index in [9.17, 15) is 8.42 Å². The van der Waals surface area contributed by atoms with Gasteiger partial charge in [0.2, 0.25) is 0 Å². The van der Waals surface area contributed by atoms with Gasteiger partial charge in [-0.15, -0.1) is 0 Å². The molecule has 4 N–H and O–H groups in total. The molecule has 0 aliphatic carbocycles. The van der Waals surface area contributed by atoms with E-state index in [0.29, 0.717) is 29.6 Å². The van der Waals surface area contributed by atoms with Gasteiger partial charge in [0.1, 0.15) is 0 Å². The van der Waals surface area contributed by atoms with Gasteiger partial charge in [0.15, 0.2) is 5.82 Å². The standard InChI is InChI=1S/C22H26ClN5O2S/c1-17-4-10-20(11-5-17)31(29,30)28(16-12-24)21-3-2-13-26-22(21)27-15-14-25-19-8-6-18(23)7-9-19/h2-11,13,25H,12,14-16,24H2,1H3,(H,26,27). The van der Waals surface area contributed by atoms with E-state index in [1.807, 2.05) is 31.2 Å². The van der Waals surface area contributed by atoms with Crippen LogP contribution in [-0.2, 0) is 10.0 Å². The normalized spacial score (nSPS) is 11.2. The molecule has 7 nitrogen and oxygen atoms in total. The number of aromatic nitrogens is 1. The molecule has 2 aromatic carbocycles. The molecule has 3 rings (SSSR count). The number of anilines is 3. The first kappa shape index (κ1) is 22.9. The summed E-state index contributed by atoms with van der Waals surface area (Å²) in [6, 6.07) is 17.6. The number of hydrogen-bond donors (Lipinski definition) is 3. The number of nitrogens with two attached hydrogens (primary N) is 1. The lowest BCUT2D eigenvalue weighted by atomic mass is 10.2. The lowest BCUT2D eigenvalue weighted by molar-refractivity contribution is 0.591. The summed E-state index contributed by atoms with van der Waals surface area (Å²) >= 11 is 5.90. The lowest BCUT2D eigenvalue weighted by Gasteiger charge is -2.26. The Labute approximate surface area is 188 Å². The number of aryl methyl sites for hydroxylation is 1. The van der Waals surface area contributed by atoms with Crippen LogP contribution in [0.4, 0.5) is 17.2 Å². The first-order valence-corrected chi connectivity index (χ1v) is 11.7. The van der Waals surface area contributed by atoms with Gasteiger partial charge in [0.05, 0.1) is 10.6 Å². The van der Waals surface area contributed by atoms with Crippen LogP contribution in [0.25, 0.3) is 0 Å². The summed E-state index contributed by atoms with van der Waals surface area (Å²) in [6.07, 6.45) is 1.62. The quantitative estimate of drug-likeness (QED) is 0.399. The second kappa shape index (κ2) is 10.5. The Balaban J connectivity index is 1.76. The van der Waals surface area contributed by atoms with E-state index in [-0.39, 0.29) is 18.0 Å². The van der Waals surface area contributed by atoms with E-state index in [0.717, 1.165) is 11.3 Å². The molecule has 9 heteroatoms. The van der Waals surface area contributed by atoms with E-state index in [4.69, 9.17) is 17.3 Å². The minimum atomic E-state index is -3.79. The van der Waals surface area contributed by atoms with Crippen LogP contribution in [0.1, 0.15) is 5.56 Å². The molecule has 0 unspecified atom stereocenters. The number of halogens is 1. The smallest absolute Gasteiger partial charge is 0.264 e. The number of rotatable bonds is 10. The number of pyridine rings is 1.